The highest BCUT2D eigenvalue weighted by atomic mass is 35.5. The van der Waals surface area contributed by atoms with Crippen LogP contribution >= 0.6 is 34.5 Å². The van der Waals surface area contributed by atoms with Crippen molar-refractivity contribution in [2.24, 2.45) is 0 Å². The van der Waals surface area contributed by atoms with Gasteiger partial charge in [0, 0.05) is 24.9 Å². The summed E-state index contributed by atoms with van der Waals surface area (Å²) in [6.07, 6.45) is 1.78. The van der Waals surface area contributed by atoms with E-state index in [1.165, 1.54) is 6.07 Å². The van der Waals surface area contributed by atoms with Gasteiger partial charge in [0.1, 0.15) is 5.75 Å². The molecule has 9 heteroatoms. The third-order valence-corrected chi connectivity index (χ3v) is 9.62. The van der Waals surface area contributed by atoms with Crippen molar-refractivity contribution in [3.05, 3.63) is 69.1 Å². The van der Waals surface area contributed by atoms with Gasteiger partial charge in [0.25, 0.3) is 0 Å². The molecular formula is C22H22Cl2N2O3S2. The molecule has 0 atom stereocenters. The number of sulfone groups is 1. The second-order valence-electron chi connectivity index (χ2n) is 7.43. The molecule has 1 aromatic heterocycles. The van der Waals surface area contributed by atoms with E-state index in [1.807, 2.05) is 18.2 Å². The van der Waals surface area contributed by atoms with Gasteiger partial charge in [-0.1, -0.05) is 41.4 Å². The monoisotopic (exact) mass is 496 g/mol. The molecule has 1 fully saturated rings. The van der Waals surface area contributed by atoms with Crippen molar-refractivity contribution in [1.29, 1.82) is 0 Å². The largest absolute Gasteiger partial charge is 0.497 e. The molecule has 164 valence electrons. The number of methoxy groups -OCH3 is 1. The van der Waals surface area contributed by atoms with E-state index < -0.39 is 15.1 Å². The summed E-state index contributed by atoms with van der Waals surface area (Å²) in [5.41, 5.74) is 2.13. The molecule has 2 heterocycles. The molecule has 1 saturated heterocycles. The van der Waals surface area contributed by atoms with E-state index in [4.69, 9.17) is 32.9 Å². The number of aromatic nitrogens is 1. The molecule has 1 aliphatic rings. The molecule has 0 radical (unpaired) electrons. The van der Waals surface area contributed by atoms with Crippen molar-refractivity contribution in [2.45, 2.75) is 29.4 Å². The maximum atomic E-state index is 13.1. The number of hydrogen-bond donors (Lipinski definition) is 0. The van der Waals surface area contributed by atoms with E-state index in [9.17, 15) is 8.42 Å². The zero-order valence-electron chi connectivity index (χ0n) is 16.9. The van der Waals surface area contributed by atoms with Crippen molar-refractivity contribution in [1.82, 2.24) is 4.98 Å². The van der Waals surface area contributed by atoms with Gasteiger partial charge in [-0.05, 0) is 42.7 Å². The third kappa shape index (κ3) is 4.85. The van der Waals surface area contributed by atoms with E-state index in [-0.39, 0.29) is 14.9 Å². The van der Waals surface area contributed by atoms with Crippen molar-refractivity contribution in [3.63, 3.8) is 0 Å². The molecule has 0 amide bonds. The fourth-order valence-corrected chi connectivity index (χ4v) is 7.13. The number of rotatable bonds is 6. The second-order valence-corrected chi connectivity index (χ2v) is 11.3. The zero-order chi connectivity index (χ0) is 22.0. The van der Waals surface area contributed by atoms with Crippen molar-refractivity contribution in [2.75, 3.05) is 25.1 Å². The Morgan fingerprint density at radius 2 is 1.90 bits per heavy atom. The van der Waals surface area contributed by atoms with E-state index in [0.29, 0.717) is 25.9 Å². The number of nitrogens with zero attached hydrogens (tertiary/aromatic N) is 2. The Hall–Kier alpha value is -1.80. The van der Waals surface area contributed by atoms with Crippen LogP contribution in [0.1, 0.15) is 24.1 Å². The first-order valence-corrected chi connectivity index (χ1v) is 13.1. The molecule has 0 spiro atoms. The standard InChI is InChI=1S/C22H22Cl2N2O3S2/c1-29-17-5-2-4-15(13-17)12-16-14-30-22(25-16)26-10-8-18(9-11-26)31(27,28)20-7-3-6-19(23)21(20)24/h2-7,13-14,18H,8-12H2,1H3. The predicted molar refractivity (Wildman–Crippen MR) is 127 cm³/mol. The number of piperidine rings is 1. The van der Waals surface area contributed by atoms with Crippen LogP contribution < -0.4 is 9.64 Å². The molecule has 5 nitrogen and oxygen atoms in total. The van der Waals surface area contributed by atoms with Gasteiger partial charge in [-0.25, -0.2) is 13.4 Å². The fraction of sp³-hybridized carbons (Fsp3) is 0.318. The maximum absolute atomic E-state index is 13.1. The minimum atomic E-state index is -3.53. The Morgan fingerprint density at radius 3 is 2.65 bits per heavy atom. The van der Waals surface area contributed by atoms with Crippen molar-refractivity contribution >= 4 is 49.5 Å². The number of thiazole rings is 1. The lowest BCUT2D eigenvalue weighted by atomic mass is 10.1. The topological polar surface area (TPSA) is 59.5 Å². The van der Waals surface area contributed by atoms with Crippen LogP contribution in [0, 0.1) is 0 Å². The van der Waals surface area contributed by atoms with Crippen LogP contribution in [0.25, 0.3) is 0 Å². The number of halogens is 2. The Labute approximate surface area is 196 Å². The number of hydrogen-bond acceptors (Lipinski definition) is 6. The van der Waals surface area contributed by atoms with E-state index in [0.717, 1.165) is 28.6 Å². The fourth-order valence-electron chi connectivity index (χ4n) is 3.75. The SMILES string of the molecule is COc1cccc(Cc2csc(N3CCC(S(=O)(=O)c4cccc(Cl)c4Cl)CC3)n2)c1. The molecule has 0 unspecified atom stereocenters. The van der Waals surface area contributed by atoms with Crippen molar-refractivity contribution < 1.29 is 13.2 Å². The lowest BCUT2D eigenvalue weighted by Crippen LogP contribution is -2.39. The van der Waals surface area contributed by atoms with Gasteiger partial charge in [0.15, 0.2) is 15.0 Å². The minimum Gasteiger partial charge on any atom is -0.497 e. The van der Waals surface area contributed by atoms with Crippen LogP contribution in [0.5, 0.6) is 5.75 Å². The van der Waals surface area contributed by atoms with Crippen LogP contribution in [0.4, 0.5) is 5.13 Å². The summed E-state index contributed by atoms with van der Waals surface area (Å²) in [6, 6.07) is 12.7. The van der Waals surface area contributed by atoms with Gasteiger partial charge < -0.3 is 9.64 Å². The van der Waals surface area contributed by atoms with Gasteiger partial charge >= 0.3 is 0 Å². The average Bonchev–Trinajstić information content (AvgIpc) is 3.24. The number of anilines is 1. The highest BCUT2D eigenvalue weighted by Crippen LogP contribution is 2.35. The van der Waals surface area contributed by atoms with Gasteiger partial charge in [0.2, 0.25) is 0 Å². The van der Waals surface area contributed by atoms with Gasteiger partial charge in [0.05, 0.1) is 33.0 Å². The highest BCUT2D eigenvalue weighted by molar-refractivity contribution is 7.92. The highest BCUT2D eigenvalue weighted by Gasteiger charge is 2.33. The molecule has 3 aromatic rings. The molecule has 1 aliphatic heterocycles. The van der Waals surface area contributed by atoms with Crippen LogP contribution in [-0.4, -0.2) is 38.9 Å². The van der Waals surface area contributed by atoms with E-state index >= 15 is 0 Å². The zero-order valence-corrected chi connectivity index (χ0v) is 20.1. The van der Waals surface area contributed by atoms with Crippen LogP contribution in [0.3, 0.4) is 0 Å². The van der Waals surface area contributed by atoms with E-state index in [1.54, 1.807) is 30.6 Å². The van der Waals surface area contributed by atoms with Crippen LogP contribution in [0.2, 0.25) is 10.0 Å². The third-order valence-electron chi connectivity index (χ3n) is 5.43. The smallest absolute Gasteiger partial charge is 0.185 e. The minimum absolute atomic E-state index is 0.105. The average molecular weight is 497 g/mol. The summed E-state index contributed by atoms with van der Waals surface area (Å²) < 4.78 is 31.4. The van der Waals surface area contributed by atoms with Gasteiger partial charge in [-0.15, -0.1) is 11.3 Å². The first kappa shape index (κ1) is 22.4. The molecular weight excluding hydrogens is 475 g/mol. The molecule has 0 aliphatic carbocycles. The lowest BCUT2D eigenvalue weighted by molar-refractivity contribution is 0.414. The Morgan fingerprint density at radius 1 is 1.16 bits per heavy atom. The molecule has 0 N–H and O–H groups in total. The summed E-state index contributed by atoms with van der Waals surface area (Å²) >= 11 is 13.8. The first-order valence-electron chi connectivity index (χ1n) is 9.88. The summed E-state index contributed by atoms with van der Waals surface area (Å²) in [7, 11) is -1.88. The Balaban J connectivity index is 1.42. The summed E-state index contributed by atoms with van der Waals surface area (Å²) in [4.78, 5) is 7.05. The Bertz CT molecular complexity index is 1170. The van der Waals surface area contributed by atoms with E-state index in [2.05, 4.69) is 16.3 Å². The molecule has 31 heavy (non-hydrogen) atoms. The van der Waals surface area contributed by atoms with Crippen molar-refractivity contribution in [3.8, 4) is 5.75 Å². The maximum Gasteiger partial charge on any atom is 0.185 e. The second kappa shape index (κ2) is 9.36. The quantitative estimate of drug-likeness (QED) is 0.451. The summed E-state index contributed by atoms with van der Waals surface area (Å²) in [6.45, 7) is 1.27. The number of benzene rings is 2. The first-order chi connectivity index (χ1) is 14.9. The Kier molecular flexibility index (Phi) is 6.77. The summed E-state index contributed by atoms with van der Waals surface area (Å²) in [5, 5.41) is 2.87. The molecule has 0 saturated carbocycles. The van der Waals surface area contributed by atoms with Gasteiger partial charge in [-0.2, -0.15) is 0 Å². The normalized spacial score (nSPS) is 15.3. The molecule has 2 aromatic carbocycles. The lowest BCUT2D eigenvalue weighted by Gasteiger charge is -2.31. The van der Waals surface area contributed by atoms with Crippen LogP contribution in [0.15, 0.2) is 52.7 Å². The molecule has 0 bridgehead atoms. The number of ether oxygens (including phenoxy) is 1. The molecule has 4 rings (SSSR count). The van der Waals surface area contributed by atoms with Gasteiger partial charge in [-0.3, -0.25) is 0 Å². The predicted octanol–water partition coefficient (Wildman–Crippen LogP) is 5.49. The summed E-state index contributed by atoms with van der Waals surface area (Å²) in [5.74, 6) is 0.830. The van der Waals surface area contributed by atoms with Crippen LogP contribution in [-0.2, 0) is 16.3 Å².